The van der Waals surface area contributed by atoms with Crippen LogP contribution in [0.2, 0.25) is 5.02 Å². The van der Waals surface area contributed by atoms with Gasteiger partial charge in [-0.05, 0) is 64.0 Å². The molecule has 3 saturated heterocycles. The third kappa shape index (κ3) is 5.68. The van der Waals surface area contributed by atoms with Crippen molar-refractivity contribution in [1.82, 2.24) is 25.2 Å². The molecule has 11 heteroatoms. The van der Waals surface area contributed by atoms with Crippen LogP contribution >= 0.6 is 22.9 Å². The lowest BCUT2D eigenvalue weighted by Gasteiger charge is -2.34. The number of fused-ring (bicyclic) bond motifs is 4. The Hall–Kier alpha value is -2.79. The number of methoxy groups -OCH3 is 1. The first kappa shape index (κ1) is 28.7. The van der Waals surface area contributed by atoms with Crippen LogP contribution in [0.15, 0.2) is 23.6 Å². The predicted molar refractivity (Wildman–Crippen MR) is 164 cm³/mol. The monoisotopic (exact) mass is 585 g/mol. The quantitative estimate of drug-likeness (QED) is 0.304. The molecule has 0 radical (unpaired) electrons. The fourth-order valence-corrected chi connectivity index (χ4v) is 6.87. The van der Waals surface area contributed by atoms with Crippen LogP contribution in [-0.4, -0.2) is 72.3 Å². The number of hydrogen-bond donors (Lipinski definition) is 2. The topological polar surface area (TPSA) is 92.4 Å². The minimum absolute atomic E-state index is 0.128. The normalized spacial score (nSPS) is 20.3. The Labute approximate surface area is 243 Å². The van der Waals surface area contributed by atoms with E-state index >= 15 is 4.39 Å². The summed E-state index contributed by atoms with van der Waals surface area (Å²) in [4.78, 5) is 17.9. The zero-order valence-electron chi connectivity index (χ0n) is 23.5. The number of likely N-dealkylation sites (tertiary alicyclic amines) is 1. The molecule has 214 valence electrons. The second-order valence-corrected chi connectivity index (χ2v) is 11.6. The number of nitrogens with two attached hydrogens (primary N) is 1. The maximum absolute atomic E-state index is 16.0. The van der Waals surface area contributed by atoms with Crippen LogP contribution in [0.25, 0.3) is 32.2 Å². The van der Waals surface area contributed by atoms with E-state index < -0.39 is 5.82 Å². The number of piperazine rings is 1. The van der Waals surface area contributed by atoms with Crippen LogP contribution in [0, 0.1) is 5.82 Å². The summed E-state index contributed by atoms with van der Waals surface area (Å²) in [6.45, 7) is 8.23. The lowest BCUT2D eigenvalue weighted by Crippen LogP contribution is -2.51. The number of thiophene rings is 1. The van der Waals surface area contributed by atoms with E-state index in [1.807, 2.05) is 25.3 Å². The predicted octanol–water partition coefficient (Wildman–Crippen LogP) is 5.97. The fourth-order valence-electron chi connectivity index (χ4n) is 5.69. The average Bonchev–Trinajstić information content (AvgIpc) is 3.70. The zero-order chi connectivity index (χ0) is 28.4. The van der Waals surface area contributed by atoms with E-state index in [0.717, 1.165) is 30.6 Å². The first-order chi connectivity index (χ1) is 19.4. The van der Waals surface area contributed by atoms with Crippen molar-refractivity contribution in [2.45, 2.75) is 51.6 Å². The summed E-state index contributed by atoms with van der Waals surface area (Å²) < 4.78 is 22.3. The van der Waals surface area contributed by atoms with E-state index in [0.29, 0.717) is 40.2 Å². The van der Waals surface area contributed by atoms with Crippen LogP contribution in [0.5, 0.6) is 6.01 Å². The van der Waals surface area contributed by atoms with Gasteiger partial charge >= 0.3 is 6.01 Å². The Bertz CT molecular complexity index is 1480. The molecule has 6 heterocycles. The molecular weight excluding hydrogens is 549 g/mol. The first-order valence-electron chi connectivity index (χ1n) is 14.0. The molecule has 2 unspecified atom stereocenters. The van der Waals surface area contributed by atoms with E-state index in [9.17, 15) is 0 Å². The highest BCUT2D eigenvalue weighted by Gasteiger charge is 2.34. The molecule has 0 amide bonds. The summed E-state index contributed by atoms with van der Waals surface area (Å²) in [7, 11) is 3.66. The molecule has 2 bridgehead atoms. The standard InChI is InChI=1S/C22H20ClFN6OS.C5H11N.C2H6/c1-31-22-28-20-12(21(29-22)30-7-10-2-3-11(8-30)26-10)6-14(23)17(18(20)24)13-9-32-15-4-5-16(25)27-19(13)15;1-6-4-2-3-5-6;1-2/h4-6,9-11,26H,2-3,7-8H2,1H3,(H2,25,27);2-5H2,1H3;1-2H3. The molecule has 3 aliphatic rings. The minimum Gasteiger partial charge on any atom is -0.467 e. The number of nitrogens with one attached hydrogen (secondary N) is 1. The van der Waals surface area contributed by atoms with E-state index in [4.69, 9.17) is 22.1 Å². The summed E-state index contributed by atoms with van der Waals surface area (Å²) in [6.07, 6.45) is 5.08. The number of rotatable bonds is 3. The van der Waals surface area contributed by atoms with Crippen molar-refractivity contribution in [3.05, 3.63) is 34.4 Å². The van der Waals surface area contributed by atoms with Crippen LogP contribution in [0.3, 0.4) is 0 Å². The Morgan fingerprint density at radius 1 is 1.07 bits per heavy atom. The van der Waals surface area contributed by atoms with Crippen molar-refractivity contribution in [2.75, 3.05) is 51.0 Å². The Morgan fingerprint density at radius 2 is 1.77 bits per heavy atom. The van der Waals surface area contributed by atoms with Crippen LogP contribution in [0.1, 0.15) is 39.5 Å². The zero-order valence-corrected chi connectivity index (χ0v) is 25.1. The van der Waals surface area contributed by atoms with Crippen molar-refractivity contribution in [3.8, 4) is 17.1 Å². The fraction of sp³-hybridized carbons (Fsp3) is 0.483. The average molecular weight is 586 g/mol. The maximum Gasteiger partial charge on any atom is 0.318 e. The maximum atomic E-state index is 16.0. The highest BCUT2D eigenvalue weighted by molar-refractivity contribution is 7.17. The number of halogens is 2. The van der Waals surface area contributed by atoms with Gasteiger partial charge in [0, 0.05) is 47.1 Å². The number of nitrogens with zero attached hydrogens (tertiary/aromatic N) is 5. The molecule has 0 spiro atoms. The van der Waals surface area contributed by atoms with Gasteiger partial charge in [-0.3, -0.25) is 0 Å². The van der Waals surface area contributed by atoms with Crippen LogP contribution < -0.4 is 20.7 Å². The number of benzene rings is 1. The number of hydrogen-bond acceptors (Lipinski definition) is 9. The number of nitrogen functional groups attached to an aromatic ring is 1. The molecule has 3 fully saturated rings. The SMILES string of the molecule is CC.CN1CCCC1.COc1nc(N2CC3CCC(C2)N3)c2cc(Cl)c(-c3csc4ccc(N)nc34)c(F)c2n1. The van der Waals surface area contributed by atoms with E-state index in [-0.39, 0.29) is 22.1 Å². The second kappa shape index (κ2) is 12.4. The molecule has 1 aromatic carbocycles. The Balaban J connectivity index is 0.000000354. The van der Waals surface area contributed by atoms with E-state index in [1.165, 1.54) is 44.4 Å². The Kier molecular flexibility index (Phi) is 8.89. The van der Waals surface area contributed by atoms with Gasteiger partial charge in [0.05, 0.1) is 22.3 Å². The molecule has 3 N–H and O–H groups in total. The second-order valence-electron chi connectivity index (χ2n) is 10.3. The van der Waals surface area contributed by atoms with Gasteiger partial charge in [-0.1, -0.05) is 25.4 Å². The molecule has 4 aromatic rings. The van der Waals surface area contributed by atoms with E-state index in [2.05, 4.69) is 37.1 Å². The van der Waals surface area contributed by atoms with Gasteiger partial charge in [-0.2, -0.15) is 9.97 Å². The lowest BCUT2D eigenvalue weighted by molar-refractivity contribution is 0.380. The van der Waals surface area contributed by atoms with Crippen molar-refractivity contribution in [2.24, 2.45) is 0 Å². The number of pyridine rings is 1. The summed E-state index contributed by atoms with van der Waals surface area (Å²) in [5.41, 5.74) is 7.54. The molecule has 3 aromatic heterocycles. The van der Waals surface area contributed by atoms with Gasteiger partial charge in [-0.15, -0.1) is 11.3 Å². The molecule has 2 atom stereocenters. The summed E-state index contributed by atoms with van der Waals surface area (Å²) >= 11 is 8.15. The number of anilines is 2. The molecule has 0 aliphatic carbocycles. The van der Waals surface area contributed by atoms with Crippen molar-refractivity contribution >= 4 is 55.7 Å². The molecule has 7 rings (SSSR count). The van der Waals surface area contributed by atoms with Crippen molar-refractivity contribution in [3.63, 3.8) is 0 Å². The Morgan fingerprint density at radius 3 is 2.40 bits per heavy atom. The number of aromatic nitrogens is 3. The van der Waals surface area contributed by atoms with Gasteiger partial charge in [0.2, 0.25) is 0 Å². The van der Waals surface area contributed by atoms with Gasteiger partial charge < -0.3 is 25.6 Å². The smallest absolute Gasteiger partial charge is 0.318 e. The molecule has 40 heavy (non-hydrogen) atoms. The van der Waals surface area contributed by atoms with Crippen molar-refractivity contribution in [1.29, 1.82) is 0 Å². The number of ether oxygens (including phenoxy) is 1. The summed E-state index contributed by atoms with van der Waals surface area (Å²) in [6, 6.07) is 6.29. The van der Waals surface area contributed by atoms with Gasteiger partial charge in [0.1, 0.15) is 17.2 Å². The molecule has 0 saturated carbocycles. The van der Waals surface area contributed by atoms with Gasteiger partial charge in [-0.25, -0.2) is 9.37 Å². The third-order valence-electron chi connectivity index (χ3n) is 7.58. The highest BCUT2D eigenvalue weighted by atomic mass is 35.5. The highest BCUT2D eigenvalue weighted by Crippen LogP contribution is 2.43. The summed E-state index contributed by atoms with van der Waals surface area (Å²) in [5.74, 6) is 0.501. The largest absolute Gasteiger partial charge is 0.467 e. The van der Waals surface area contributed by atoms with E-state index in [1.54, 1.807) is 12.1 Å². The van der Waals surface area contributed by atoms with Crippen molar-refractivity contribution < 1.29 is 9.13 Å². The van der Waals surface area contributed by atoms with Crippen LogP contribution in [-0.2, 0) is 0 Å². The van der Waals surface area contributed by atoms with Crippen LogP contribution in [0.4, 0.5) is 16.0 Å². The summed E-state index contributed by atoms with van der Waals surface area (Å²) in [5, 5.41) is 6.31. The van der Waals surface area contributed by atoms with Gasteiger partial charge in [0.25, 0.3) is 0 Å². The molecule has 8 nitrogen and oxygen atoms in total. The molecule has 3 aliphatic heterocycles. The third-order valence-corrected chi connectivity index (χ3v) is 8.81. The molecular formula is C29H37ClFN7OS. The lowest BCUT2D eigenvalue weighted by atomic mass is 10.0. The minimum atomic E-state index is -0.517. The van der Waals surface area contributed by atoms with Gasteiger partial charge in [0.15, 0.2) is 5.82 Å². The first-order valence-corrected chi connectivity index (χ1v) is 15.2.